The summed E-state index contributed by atoms with van der Waals surface area (Å²) < 4.78 is 0. The molecule has 2 N–H and O–H groups in total. The third-order valence-corrected chi connectivity index (χ3v) is 5.55. The van der Waals surface area contributed by atoms with E-state index in [9.17, 15) is 4.79 Å². The summed E-state index contributed by atoms with van der Waals surface area (Å²) in [7, 11) is 0. The van der Waals surface area contributed by atoms with E-state index in [0.717, 1.165) is 21.2 Å². The summed E-state index contributed by atoms with van der Waals surface area (Å²) in [5.41, 5.74) is 7.35. The Kier molecular flexibility index (Phi) is 4.29. The summed E-state index contributed by atoms with van der Waals surface area (Å²) in [6.45, 7) is 0. The van der Waals surface area contributed by atoms with Crippen LogP contribution in [0.1, 0.15) is 0 Å². The van der Waals surface area contributed by atoms with Gasteiger partial charge in [-0.3, -0.25) is 9.69 Å². The number of fused-ring (bicyclic) bond motifs is 2. The Labute approximate surface area is 152 Å². The first kappa shape index (κ1) is 15.9. The number of carbonyl (C=O) groups is 1. The second kappa shape index (κ2) is 6.73. The maximum Gasteiger partial charge on any atom is 0.242 e. The first-order valence-corrected chi connectivity index (χ1v) is 9.29. The Bertz CT molecular complexity index is 904. The fraction of sp³-hybridized carbons (Fsp3) is 0.0588. The molecule has 1 aromatic heterocycles. The molecule has 1 aliphatic rings. The van der Waals surface area contributed by atoms with E-state index in [-0.39, 0.29) is 17.6 Å². The van der Waals surface area contributed by atoms with Crippen molar-refractivity contribution in [2.24, 2.45) is 0 Å². The van der Waals surface area contributed by atoms with Crippen molar-refractivity contribution in [3.8, 4) is 0 Å². The lowest BCUT2D eigenvalue weighted by molar-refractivity contribution is -0.115. The summed E-state index contributed by atoms with van der Waals surface area (Å²) in [5.74, 6) is 0.316. The maximum absolute atomic E-state index is 13.0. The molecule has 0 bridgehead atoms. The molecule has 0 unspecified atom stereocenters. The zero-order valence-corrected chi connectivity index (χ0v) is 14.6. The highest BCUT2D eigenvalue weighted by Gasteiger charge is 2.27. The lowest BCUT2D eigenvalue weighted by Crippen LogP contribution is -2.30. The molecule has 25 heavy (non-hydrogen) atoms. The van der Waals surface area contributed by atoms with E-state index in [1.807, 2.05) is 48.5 Å². The van der Waals surface area contributed by atoms with Gasteiger partial charge < -0.3 is 5.73 Å². The number of nitrogens with two attached hydrogens (primary N) is 1. The highest BCUT2D eigenvalue weighted by Crippen LogP contribution is 2.48. The molecule has 0 aliphatic carbocycles. The van der Waals surface area contributed by atoms with Crippen LogP contribution in [-0.4, -0.2) is 26.6 Å². The first-order valence-electron chi connectivity index (χ1n) is 7.48. The third-order valence-electron chi connectivity index (χ3n) is 3.57. The number of nitrogens with zero attached hydrogens (tertiary/aromatic N) is 4. The number of benzene rings is 2. The minimum atomic E-state index is -0.0378. The van der Waals surface area contributed by atoms with Gasteiger partial charge in [0.25, 0.3) is 0 Å². The number of thioether (sulfide) groups is 1. The summed E-state index contributed by atoms with van der Waals surface area (Å²) in [4.78, 5) is 28.7. The van der Waals surface area contributed by atoms with Gasteiger partial charge in [-0.15, -0.1) is 0 Å². The van der Waals surface area contributed by atoms with Crippen molar-refractivity contribution in [3.63, 3.8) is 0 Å². The molecule has 0 saturated carbocycles. The fourth-order valence-electron chi connectivity index (χ4n) is 2.53. The molecule has 1 aliphatic heterocycles. The minimum absolute atomic E-state index is 0.0378. The van der Waals surface area contributed by atoms with Gasteiger partial charge in [0, 0.05) is 9.79 Å². The molecule has 0 atom stereocenters. The van der Waals surface area contributed by atoms with E-state index in [1.54, 1.807) is 16.7 Å². The zero-order valence-electron chi connectivity index (χ0n) is 13.0. The van der Waals surface area contributed by atoms with Crippen LogP contribution in [0.15, 0.2) is 69.8 Å². The second-order valence-corrected chi connectivity index (χ2v) is 7.21. The Morgan fingerprint density at radius 2 is 1.68 bits per heavy atom. The molecule has 0 saturated heterocycles. The fourth-order valence-corrected chi connectivity index (χ4v) is 4.25. The maximum atomic E-state index is 13.0. The molecule has 0 fully saturated rings. The Balaban J connectivity index is 1.64. The zero-order chi connectivity index (χ0) is 17.2. The molecule has 2 aromatic carbocycles. The number of para-hydroxylation sites is 2. The Hall–Kier alpha value is -2.58. The molecule has 0 radical (unpaired) electrons. The van der Waals surface area contributed by atoms with Crippen molar-refractivity contribution in [1.29, 1.82) is 0 Å². The monoisotopic (exact) mass is 367 g/mol. The van der Waals surface area contributed by atoms with Crippen molar-refractivity contribution in [3.05, 3.63) is 54.9 Å². The molecule has 6 nitrogen and oxygen atoms in total. The molecule has 0 spiro atoms. The van der Waals surface area contributed by atoms with Crippen LogP contribution < -0.4 is 10.6 Å². The molecule has 124 valence electrons. The van der Waals surface area contributed by atoms with Gasteiger partial charge in [0.15, 0.2) is 5.16 Å². The van der Waals surface area contributed by atoms with Gasteiger partial charge in [-0.2, -0.15) is 4.98 Å². The third kappa shape index (κ3) is 3.18. The molecular weight excluding hydrogens is 354 g/mol. The van der Waals surface area contributed by atoms with Gasteiger partial charge in [-0.1, -0.05) is 47.8 Å². The lowest BCUT2D eigenvalue weighted by Gasteiger charge is -2.30. The van der Waals surface area contributed by atoms with E-state index in [4.69, 9.17) is 5.73 Å². The smallest absolute Gasteiger partial charge is 0.242 e. The number of amides is 1. The number of anilines is 3. The second-order valence-electron chi connectivity index (χ2n) is 5.18. The molecule has 1 amide bonds. The van der Waals surface area contributed by atoms with Crippen LogP contribution in [0.2, 0.25) is 0 Å². The lowest BCUT2D eigenvalue weighted by atomic mass is 10.2. The van der Waals surface area contributed by atoms with E-state index in [1.165, 1.54) is 18.1 Å². The van der Waals surface area contributed by atoms with Crippen LogP contribution in [0.3, 0.4) is 0 Å². The molecule has 4 rings (SSSR count). The first-order chi connectivity index (χ1) is 12.2. The molecule has 2 heterocycles. The number of rotatable bonds is 3. The van der Waals surface area contributed by atoms with Crippen molar-refractivity contribution in [2.45, 2.75) is 14.9 Å². The van der Waals surface area contributed by atoms with E-state index in [0.29, 0.717) is 5.16 Å². The number of aromatic nitrogens is 3. The van der Waals surface area contributed by atoms with E-state index in [2.05, 4.69) is 15.0 Å². The Morgan fingerprint density at radius 1 is 1.04 bits per heavy atom. The number of nitrogen functional groups attached to an aromatic ring is 1. The van der Waals surface area contributed by atoms with Crippen LogP contribution in [0.25, 0.3) is 0 Å². The Morgan fingerprint density at radius 3 is 2.32 bits per heavy atom. The number of hydrogen-bond acceptors (Lipinski definition) is 7. The van der Waals surface area contributed by atoms with Crippen LogP contribution >= 0.6 is 23.5 Å². The van der Waals surface area contributed by atoms with Gasteiger partial charge in [0.1, 0.15) is 6.33 Å². The van der Waals surface area contributed by atoms with E-state index >= 15 is 0 Å². The standard InChI is InChI=1S/C17H13N5OS2/c18-16-19-10-20-17(21-16)24-9-15(23)22-11-5-1-3-7-13(11)25-14-8-4-2-6-12(14)22/h1-8,10H,9H2,(H2,18,19,20,21). The summed E-state index contributed by atoms with van der Waals surface area (Å²) in [6.07, 6.45) is 1.34. The van der Waals surface area contributed by atoms with E-state index < -0.39 is 0 Å². The predicted octanol–water partition coefficient (Wildman–Crippen LogP) is 3.38. The van der Waals surface area contributed by atoms with Gasteiger partial charge in [0.2, 0.25) is 11.9 Å². The van der Waals surface area contributed by atoms with Gasteiger partial charge >= 0.3 is 0 Å². The normalized spacial score (nSPS) is 12.4. The largest absolute Gasteiger partial charge is 0.368 e. The summed E-state index contributed by atoms with van der Waals surface area (Å²) >= 11 is 2.92. The molecule has 8 heteroatoms. The number of hydrogen-bond donors (Lipinski definition) is 1. The number of carbonyl (C=O) groups excluding carboxylic acids is 1. The van der Waals surface area contributed by atoms with Crippen LogP contribution in [0.4, 0.5) is 17.3 Å². The average molecular weight is 367 g/mol. The van der Waals surface area contributed by atoms with Gasteiger partial charge in [-0.25, -0.2) is 9.97 Å². The van der Waals surface area contributed by atoms with Crippen molar-refractivity contribution >= 4 is 46.8 Å². The quantitative estimate of drug-likeness (QED) is 0.710. The highest BCUT2D eigenvalue weighted by molar-refractivity contribution is 8.00. The highest BCUT2D eigenvalue weighted by atomic mass is 32.2. The topological polar surface area (TPSA) is 85.0 Å². The van der Waals surface area contributed by atoms with Crippen LogP contribution in [-0.2, 0) is 4.79 Å². The van der Waals surface area contributed by atoms with Crippen LogP contribution in [0.5, 0.6) is 0 Å². The van der Waals surface area contributed by atoms with Gasteiger partial charge in [0.05, 0.1) is 17.1 Å². The van der Waals surface area contributed by atoms with Crippen molar-refractivity contribution < 1.29 is 4.79 Å². The SMILES string of the molecule is Nc1ncnc(SCC(=O)N2c3ccccc3Sc3ccccc32)n1. The van der Waals surface area contributed by atoms with Crippen molar-refractivity contribution in [2.75, 3.05) is 16.4 Å². The predicted molar refractivity (Wildman–Crippen MR) is 99.1 cm³/mol. The summed E-state index contributed by atoms with van der Waals surface area (Å²) in [6, 6.07) is 15.8. The molecule has 3 aromatic rings. The van der Waals surface area contributed by atoms with Crippen molar-refractivity contribution in [1.82, 2.24) is 15.0 Å². The van der Waals surface area contributed by atoms with Crippen LogP contribution in [0, 0.1) is 0 Å². The van der Waals surface area contributed by atoms with Gasteiger partial charge in [-0.05, 0) is 24.3 Å². The average Bonchev–Trinajstić information content (AvgIpc) is 2.64. The minimum Gasteiger partial charge on any atom is -0.368 e. The summed E-state index contributed by atoms with van der Waals surface area (Å²) in [5, 5.41) is 0.439. The molecular formula is C17H13N5OS2.